The van der Waals surface area contributed by atoms with Crippen LogP contribution in [0.2, 0.25) is 0 Å². The Kier molecular flexibility index (Phi) is 7.73. The lowest BCUT2D eigenvalue weighted by atomic mass is 10.1. The Balaban J connectivity index is 1.06. The Hall–Kier alpha value is -6.18. The summed E-state index contributed by atoms with van der Waals surface area (Å²) in [6.07, 6.45) is 3.61. The average molecular weight is 683 g/mol. The standard InChI is InChI=1S/C38H34N8O5/c1-47-29-11-9-27(23-5-7-25(19-39)31(17-23)49-3)45-33(29)41-35(43-45)37(13-14-37)21-51-22-38(15-16-38)36-42-34-30(48-2)12-10-28(46(34)44-36)24-6-8-26(20-40)32(18-24)50-4/h5-12,17-18H,13-16,21-22H2,1-4H3. The van der Waals surface area contributed by atoms with E-state index in [2.05, 4.69) is 12.1 Å². The Labute approximate surface area is 293 Å². The summed E-state index contributed by atoms with van der Waals surface area (Å²) in [4.78, 5) is 9.95. The van der Waals surface area contributed by atoms with E-state index in [1.54, 1.807) is 49.6 Å². The van der Waals surface area contributed by atoms with Gasteiger partial charge in [0.25, 0.3) is 0 Å². The number of aromatic nitrogens is 6. The molecule has 2 saturated carbocycles. The van der Waals surface area contributed by atoms with Crippen molar-refractivity contribution in [2.75, 3.05) is 41.7 Å². The highest BCUT2D eigenvalue weighted by Crippen LogP contribution is 2.51. The Morgan fingerprint density at radius 1 is 0.588 bits per heavy atom. The highest BCUT2D eigenvalue weighted by atomic mass is 16.5. The molecule has 2 aromatic carbocycles. The molecule has 13 nitrogen and oxygen atoms in total. The quantitative estimate of drug-likeness (QED) is 0.157. The molecule has 4 aromatic heterocycles. The normalized spacial score (nSPS) is 15.3. The molecule has 0 radical (unpaired) electrons. The minimum atomic E-state index is -0.315. The highest BCUT2D eigenvalue weighted by molar-refractivity contribution is 5.71. The minimum absolute atomic E-state index is 0.315. The first-order chi connectivity index (χ1) is 24.9. The van der Waals surface area contributed by atoms with Crippen LogP contribution in [-0.4, -0.2) is 70.8 Å². The maximum absolute atomic E-state index is 9.47. The third-order valence-electron chi connectivity index (χ3n) is 9.98. The van der Waals surface area contributed by atoms with E-state index in [-0.39, 0.29) is 10.8 Å². The molecular weight excluding hydrogens is 648 g/mol. The molecule has 2 fully saturated rings. The molecule has 0 bridgehead atoms. The van der Waals surface area contributed by atoms with Crippen molar-refractivity contribution in [3.8, 4) is 57.7 Å². The summed E-state index contributed by atoms with van der Waals surface area (Å²) in [6, 6.07) is 22.8. The van der Waals surface area contributed by atoms with Gasteiger partial charge in [0, 0.05) is 11.1 Å². The third-order valence-corrected chi connectivity index (χ3v) is 9.98. The van der Waals surface area contributed by atoms with Gasteiger partial charge in [0.1, 0.15) is 23.6 Å². The van der Waals surface area contributed by atoms with Gasteiger partial charge in [0.15, 0.2) is 34.4 Å². The van der Waals surface area contributed by atoms with Crippen LogP contribution in [0.3, 0.4) is 0 Å². The van der Waals surface area contributed by atoms with Crippen molar-refractivity contribution in [1.82, 2.24) is 29.2 Å². The number of methoxy groups -OCH3 is 4. The molecule has 0 spiro atoms. The first-order valence-corrected chi connectivity index (χ1v) is 16.5. The van der Waals surface area contributed by atoms with E-state index in [0.29, 0.717) is 70.3 Å². The van der Waals surface area contributed by atoms with E-state index in [1.165, 1.54) is 0 Å². The second-order valence-corrected chi connectivity index (χ2v) is 13.0. The van der Waals surface area contributed by atoms with Crippen molar-refractivity contribution < 1.29 is 23.7 Å². The lowest BCUT2D eigenvalue weighted by Crippen LogP contribution is -2.23. The summed E-state index contributed by atoms with van der Waals surface area (Å²) in [6.45, 7) is 0.919. The maximum Gasteiger partial charge on any atom is 0.198 e. The molecule has 0 N–H and O–H groups in total. The second kappa shape index (κ2) is 12.3. The highest BCUT2D eigenvalue weighted by Gasteiger charge is 2.52. The molecule has 13 heteroatoms. The summed E-state index contributed by atoms with van der Waals surface area (Å²) in [5.74, 6) is 3.61. The lowest BCUT2D eigenvalue weighted by molar-refractivity contribution is 0.0908. The molecule has 0 aliphatic heterocycles. The van der Waals surface area contributed by atoms with Crippen LogP contribution in [0.4, 0.5) is 0 Å². The first kappa shape index (κ1) is 32.0. The number of fused-ring (bicyclic) bond motifs is 2. The monoisotopic (exact) mass is 682 g/mol. The van der Waals surface area contributed by atoms with E-state index in [1.807, 2.05) is 48.5 Å². The predicted octanol–water partition coefficient (Wildman–Crippen LogP) is 5.66. The summed E-state index contributed by atoms with van der Waals surface area (Å²) >= 11 is 0. The fourth-order valence-electron chi connectivity index (χ4n) is 6.58. The largest absolute Gasteiger partial charge is 0.495 e. The van der Waals surface area contributed by atoms with Gasteiger partial charge >= 0.3 is 0 Å². The number of benzene rings is 2. The molecule has 256 valence electrons. The molecule has 4 heterocycles. The van der Waals surface area contributed by atoms with E-state index in [4.69, 9.17) is 43.8 Å². The van der Waals surface area contributed by atoms with Crippen LogP contribution in [0.25, 0.3) is 33.8 Å². The molecule has 0 unspecified atom stereocenters. The smallest absolute Gasteiger partial charge is 0.198 e. The number of nitriles is 2. The third kappa shape index (κ3) is 5.34. The molecule has 2 aliphatic carbocycles. The van der Waals surface area contributed by atoms with Gasteiger partial charge in [-0.15, -0.1) is 10.2 Å². The maximum atomic E-state index is 9.47. The van der Waals surface area contributed by atoms with Gasteiger partial charge in [-0.05, 0) is 74.2 Å². The van der Waals surface area contributed by atoms with Gasteiger partial charge in [0.05, 0.1) is 75.0 Å². The van der Waals surface area contributed by atoms with Gasteiger partial charge in [-0.2, -0.15) is 10.5 Å². The zero-order valence-electron chi connectivity index (χ0n) is 28.6. The van der Waals surface area contributed by atoms with Crippen LogP contribution < -0.4 is 18.9 Å². The number of hydrogen-bond acceptors (Lipinski definition) is 11. The van der Waals surface area contributed by atoms with E-state index in [0.717, 1.165) is 48.2 Å². The number of hydrogen-bond donors (Lipinski definition) is 0. The molecule has 6 aromatic rings. The van der Waals surface area contributed by atoms with Crippen LogP contribution in [0, 0.1) is 22.7 Å². The van der Waals surface area contributed by atoms with Crippen molar-refractivity contribution in [3.05, 3.63) is 83.4 Å². The van der Waals surface area contributed by atoms with E-state index in [9.17, 15) is 10.5 Å². The first-order valence-electron chi connectivity index (χ1n) is 16.5. The van der Waals surface area contributed by atoms with Crippen LogP contribution in [0.5, 0.6) is 23.0 Å². The SMILES string of the molecule is COc1cc(-c2ccc(OC)c3nc(C4(COCC5(c6nc7c(OC)ccc(-c8ccc(C#N)c(OC)c8)n7n6)CC5)CC4)nn23)ccc1C#N. The van der Waals surface area contributed by atoms with Gasteiger partial charge in [-0.25, -0.2) is 19.0 Å². The van der Waals surface area contributed by atoms with Crippen LogP contribution in [0.1, 0.15) is 48.5 Å². The fraction of sp³-hybridized carbons (Fsp3) is 0.316. The molecule has 0 amide bonds. The minimum Gasteiger partial charge on any atom is -0.495 e. The number of nitrogens with zero attached hydrogens (tertiary/aromatic N) is 8. The molecule has 51 heavy (non-hydrogen) atoms. The summed E-state index contributed by atoms with van der Waals surface area (Å²) in [7, 11) is 6.33. The average Bonchev–Trinajstić information content (AvgIpc) is 4.04. The molecule has 0 atom stereocenters. The summed E-state index contributed by atoms with van der Waals surface area (Å²) < 4.78 is 32.4. The van der Waals surface area contributed by atoms with Gasteiger partial charge < -0.3 is 23.7 Å². The second-order valence-electron chi connectivity index (χ2n) is 13.0. The van der Waals surface area contributed by atoms with E-state index >= 15 is 0 Å². The van der Waals surface area contributed by atoms with Crippen LogP contribution in [0.15, 0.2) is 60.7 Å². The fourth-order valence-corrected chi connectivity index (χ4v) is 6.58. The zero-order valence-corrected chi connectivity index (χ0v) is 28.6. The Morgan fingerprint density at radius 2 is 1.00 bits per heavy atom. The van der Waals surface area contributed by atoms with Crippen molar-refractivity contribution in [2.45, 2.75) is 36.5 Å². The summed E-state index contributed by atoms with van der Waals surface area (Å²) in [5.41, 5.74) is 4.77. The van der Waals surface area contributed by atoms with Gasteiger partial charge in [-0.3, -0.25) is 0 Å². The van der Waals surface area contributed by atoms with Crippen molar-refractivity contribution >= 4 is 11.3 Å². The van der Waals surface area contributed by atoms with Crippen LogP contribution in [-0.2, 0) is 15.6 Å². The molecule has 8 rings (SSSR count). The van der Waals surface area contributed by atoms with E-state index < -0.39 is 0 Å². The Morgan fingerprint density at radius 3 is 1.35 bits per heavy atom. The Bertz CT molecular complexity index is 2240. The predicted molar refractivity (Wildman–Crippen MR) is 185 cm³/mol. The molecule has 2 aliphatic rings. The summed E-state index contributed by atoms with van der Waals surface area (Å²) in [5, 5.41) is 28.9. The van der Waals surface area contributed by atoms with Crippen LogP contribution >= 0.6 is 0 Å². The van der Waals surface area contributed by atoms with Gasteiger partial charge in [-0.1, -0.05) is 12.1 Å². The van der Waals surface area contributed by atoms with Crippen molar-refractivity contribution in [1.29, 1.82) is 10.5 Å². The van der Waals surface area contributed by atoms with Gasteiger partial charge in [0.2, 0.25) is 0 Å². The number of rotatable bonds is 12. The number of ether oxygens (including phenoxy) is 5. The molecular formula is C38H34N8O5. The topological polar surface area (TPSA) is 154 Å². The number of pyridine rings is 2. The zero-order chi connectivity index (χ0) is 35.3. The lowest BCUT2D eigenvalue weighted by Gasteiger charge is -2.16. The van der Waals surface area contributed by atoms with Crippen molar-refractivity contribution in [3.63, 3.8) is 0 Å². The molecule has 0 saturated heterocycles. The van der Waals surface area contributed by atoms with Crippen molar-refractivity contribution in [2.24, 2.45) is 0 Å².